The average molecular weight is 365 g/mol. The highest BCUT2D eigenvalue weighted by atomic mass is 16.5. The van der Waals surface area contributed by atoms with Gasteiger partial charge in [0, 0.05) is 11.1 Å². The van der Waals surface area contributed by atoms with E-state index in [1.807, 2.05) is 32.0 Å². The summed E-state index contributed by atoms with van der Waals surface area (Å²) in [5, 5.41) is 9.52. The molecule has 0 amide bonds. The molecule has 0 aliphatic heterocycles. The van der Waals surface area contributed by atoms with Crippen LogP contribution >= 0.6 is 0 Å². The minimum atomic E-state index is -0.358. The van der Waals surface area contributed by atoms with Crippen molar-refractivity contribution < 1.29 is 19.0 Å². The van der Waals surface area contributed by atoms with Crippen LogP contribution in [0.15, 0.2) is 48.0 Å². The molecule has 0 unspecified atom stereocenters. The van der Waals surface area contributed by atoms with Crippen LogP contribution in [0.4, 0.5) is 0 Å². The Morgan fingerprint density at radius 2 is 1.85 bits per heavy atom. The van der Waals surface area contributed by atoms with Crippen LogP contribution in [0.5, 0.6) is 17.2 Å². The summed E-state index contributed by atoms with van der Waals surface area (Å²) in [6.07, 6.45) is 2.37. The van der Waals surface area contributed by atoms with Crippen molar-refractivity contribution in [1.82, 2.24) is 0 Å². The zero-order chi connectivity index (χ0) is 19.6. The summed E-state index contributed by atoms with van der Waals surface area (Å²) in [6, 6.07) is 14.1. The van der Waals surface area contributed by atoms with E-state index in [1.54, 1.807) is 43.5 Å². The van der Waals surface area contributed by atoms with Gasteiger partial charge in [0.2, 0.25) is 5.78 Å². The summed E-state index contributed by atoms with van der Waals surface area (Å²) in [5.74, 6) is 1.42. The number of para-hydroxylation sites is 1. The lowest BCUT2D eigenvalue weighted by atomic mass is 10.0. The molecule has 0 N–H and O–H groups in total. The Morgan fingerprint density at radius 1 is 1.11 bits per heavy atom. The molecule has 0 fully saturated rings. The molecule has 0 radical (unpaired) electrons. The van der Waals surface area contributed by atoms with Gasteiger partial charge >= 0.3 is 0 Å². The van der Waals surface area contributed by atoms with Gasteiger partial charge in [0.1, 0.15) is 17.4 Å². The third kappa shape index (κ3) is 5.11. The monoisotopic (exact) mass is 365 g/mol. The largest absolute Gasteiger partial charge is 0.497 e. The second kappa shape index (κ2) is 10.0. The fourth-order valence-electron chi connectivity index (χ4n) is 2.48. The van der Waals surface area contributed by atoms with Crippen molar-refractivity contribution in [3.63, 3.8) is 0 Å². The van der Waals surface area contributed by atoms with Gasteiger partial charge in [0.15, 0.2) is 11.5 Å². The average Bonchev–Trinajstić information content (AvgIpc) is 2.71. The zero-order valence-electron chi connectivity index (χ0n) is 15.8. The number of allylic oxidation sites excluding steroid dienone is 1. The maximum atomic E-state index is 12.7. The number of nitrogens with zero attached hydrogens (tertiary/aromatic N) is 1. The van der Waals surface area contributed by atoms with Crippen LogP contribution in [0.25, 0.3) is 6.08 Å². The standard InChI is InChI=1S/C22H23NO4/c1-4-13-27-22-17(7-6-8-20(22)26-5-2)14-18(15-23)21(24)16-9-11-19(25-3)12-10-16/h6-12,14H,4-5,13H2,1-3H3/b18-14+. The Kier molecular flexibility index (Phi) is 7.45. The number of hydrogen-bond acceptors (Lipinski definition) is 5. The Hall–Kier alpha value is -3.26. The van der Waals surface area contributed by atoms with Gasteiger partial charge in [-0.15, -0.1) is 0 Å². The van der Waals surface area contributed by atoms with Crippen molar-refractivity contribution in [3.05, 3.63) is 59.2 Å². The first-order chi connectivity index (χ1) is 13.1. The molecule has 0 bridgehead atoms. The van der Waals surface area contributed by atoms with E-state index in [0.717, 1.165) is 6.42 Å². The molecule has 5 nitrogen and oxygen atoms in total. The number of carbonyl (C=O) groups is 1. The summed E-state index contributed by atoms with van der Waals surface area (Å²) in [6.45, 7) is 4.90. The van der Waals surface area contributed by atoms with E-state index >= 15 is 0 Å². The zero-order valence-corrected chi connectivity index (χ0v) is 15.8. The first-order valence-corrected chi connectivity index (χ1v) is 8.83. The minimum absolute atomic E-state index is 0.0233. The van der Waals surface area contributed by atoms with Crippen molar-refractivity contribution in [1.29, 1.82) is 5.26 Å². The number of ketones is 1. The smallest absolute Gasteiger partial charge is 0.203 e. The minimum Gasteiger partial charge on any atom is -0.497 e. The second-order valence-corrected chi connectivity index (χ2v) is 5.68. The van der Waals surface area contributed by atoms with Crippen molar-refractivity contribution in [2.75, 3.05) is 20.3 Å². The molecule has 0 aromatic heterocycles. The lowest BCUT2D eigenvalue weighted by Crippen LogP contribution is -2.04. The van der Waals surface area contributed by atoms with Gasteiger partial charge in [-0.3, -0.25) is 4.79 Å². The third-order valence-electron chi connectivity index (χ3n) is 3.78. The number of hydrogen-bond donors (Lipinski definition) is 0. The van der Waals surface area contributed by atoms with Gasteiger partial charge in [-0.25, -0.2) is 0 Å². The molecule has 0 aliphatic carbocycles. The van der Waals surface area contributed by atoms with Crippen LogP contribution in [0.3, 0.4) is 0 Å². The highest BCUT2D eigenvalue weighted by molar-refractivity contribution is 6.14. The van der Waals surface area contributed by atoms with Crippen LogP contribution < -0.4 is 14.2 Å². The molecule has 0 saturated carbocycles. The topological polar surface area (TPSA) is 68.5 Å². The Balaban J connectivity index is 2.42. The highest BCUT2D eigenvalue weighted by Crippen LogP contribution is 2.33. The van der Waals surface area contributed by atoms with Gasteiger partial charge in [-0.1, -0.05) is 19.1 Å². The van der Waals surface area contributed by atoms with E-state index in [0.29, 0.717) is 41.6 Å². The number of Topliss-reactive ketones (excluding diaryl/α,β-unsaturated/α-hetero) is 1. The van der Waals surface area contributed by atoms with Crippen LogP contribution in [-0.2, 0) is 0 Å². The summed E-state index contributed by atoms with van der Waals surface area (Å²) >= 11 is 0. The van der Waals surface area contributed by atoms with Crippen LogP contribution in [0.2, 0.25) is 0 Å². The highest BCUT2D eigenvalue weighted by Gasteiger charge is 2.15. The molecule has 0 atom stereocenters. The number of rotatable bonds is 9. The van der Waals surface area contributed by atoms with Crippen molar-refractivity contribution >= 4 is 11.9 Å². The fraction of sp³-hybridized carbons (Fsp3) is 0.273. The number of carbonyl (C=O) groups excluding carboxylic acids is 1. The van der Waals surface area contributed by atoms with Crippen LogP contribution in [-0.4, -0.2) is 26.1 Å². The quantitative estimate of drug-likeness (QED) is 0.367. The number of nitriles is 1. The number of benzene rings is 2. The van der Waals surface area contributed by atoms with Crippen LogP contribution in [0, 0.1) is 11.3 Å². The molecule has 0 aliphatic rings. The van der Waals surface area contributed by atoms with Crippen molar-refractivity contribution in [2.45, 2.75) is 20.3 Å². The Labute approximate surface area is 159 Å². The van der Waals surface area contributed by atoms with Crippen molar-refractivity contribution in [3.8, 4) is 23.3 Å². The van der Waals surface area contributed by atoms with E-state index in [4.69, 9.17) is 14.2 Å². The summed E-state index contributed by atoms with van der Waals surface area (Å²) < 4.78 is 16.5. The van der Waals surface area contributed by atoms with E-state index in [9.17, 15) is 10.1 Å². The van der Waals surface area contributed by atoms with E-state index < -0.39 is 0 Å². The van der Waals surface area contributed by atoms with E-state index in [1.165, 1.54) is 0 Å². The molecule has 0 heterocycles. The van der Waals surface area contributed by atoms with Crippen LogP contribution in [0.1, 0.15) is 36.2 Å². The fourth-order valence-corrected chi connectivity index (χ4v) is 2.48. The predicted molar refractivity (Wildman–Crippen MR) is 104 cm³/mol. The Bertz CT molecular complexity index is 848. The molecule has 2 rings (SSSR count). The third-order valence-corrected chi connectivity index (χ3v) is 3.78. The normalized spacial score (nSPS) is 10.8. The molecule has 0 spiro atoms. The van der Waals surface area contributed by atoms with E-state index in [2.05, 4.69) is 0 Å². The summed E-state index contributed by atoms with van der Waals surface area (Å²) in [5.41, 5.74) is 1.07. The number of methoxy groups -OCH3 is 1. The lowest BCUT2D eigenvalue weighted by Gasteiger charge is -2.14. The molecule has 5 heteroatoms. The molecule has 0 saturated heterocycles. The van der Waals surface area contributed by atoms with E-state index in [-0.39, 0.29) is 11.4 Å². The molecular formula is C22H23NO4. The first-order valence-electron chi connectivity index (χ1n) is 8.83. The summed E-state index contributed by atoms with van der Waals surface area (Å²) in [4.78, 5) is 12.7. The number of ether oxygens (including phenoxy) is 3. The second-order valence-electron chi connectivity index (χ2n) is 5.68. The Morgan fingerprint density at radius 3 is 2.44 bits per heavy atom. The molecule has 2 aromatic rings. The van der Waals surface area contributed by atoms with Gasteiger partial charge in [0.25, 0.3) is 0 Å². The van der Waals surface area contributed by atoms with Gasteiger partial charge in [-0.05, 0) is 49.8 Å². The van der Waals surface area contributed by atoms with Gasteiger partial charge < -0.3 is 14.2 Å². The van der Waals surface area contributed by atoms with Gasteiger partial charge in [0.05, 0.1) is 20.3 Å². The summed E-state index contributed by atoms with van der Waals surface area (Å²) in [7, 11) is 1.56. The molecule has 140 valence electrons. The molecule has 2 aromatic carbocycles. The lowest BCUT2D eigenvalue weighted by molar-refractivity contribution is 0.104. The van der Waals surface area contributed by atoms with Crippen molar-refractivity contribution in [2.24, 2.45) is 0 Å². The SMILES string of the molecule is CCCOc1c(/C=C(\C#N)C(=O)c2ccc(OC)cc2)cccc1OCC. The first kappa shape index (κ1) is 20.1. The maximum Gasteiger partial charge on any atom is 0.203 e. The van der Waals surface area contributed by atoms with Gasteiger partial charge in [-0.2, -0.15) is 5.26 Å². The molecular weight excluding hydrogens is 342 g/mol. The predicted octanol–water partition coefficient (Wildman–Crippen LogP) is 4.67. The molecule has 27 heavy (non-hydrogen) atoms. The maximum absolute atomic E-state index is 12.7.